The molecule has 1 aromatic heterocycles. The molecule has 4 aromatic carbocycles. The van der Waals surface area contributed by atoms with Gasteiger partial charge in [-0.2, -0.15) is 0 Å². The quantitative estimate of drug-likeness (QED) is 0.0536. The molecule has 0 bridgehead atoms. The molecule has 9 N–H and O–H groups in total. The Hall–Kier alpha value is -7.21. The van der Waals surface area contributed by atoms with Crippen LogP contribution < -0.4 is 19.6 Å². The van der Waals surface area contributed by atoms with Crippen LogP contribution >= 0.6 is 0 Å². The highest BCUT2D eigenvalue weighted by molar-refractivity contribution is 5.90. The van der Waals surface area contributed by atoms with E-state index < -0.39 is 103 Å². The number of aromatic hydroxyl groups is 4. The highest BCUT2D eigenvalue weighted by atomic mass is 16.7. The molecule has 69 heavy (non-hydrogen) atoms. The van der Waals surface area contributed by atoms with Crippen LogP contribution in [-0.2, 0) is 33.3 Å². The zero-order valence-corrected chi connectivity index (χ0v) is 36.8. The molecular weight excluding hydrogens is 913 g/mol. The van der Waals surface area contributed by atoms with Gasteiger partial charge in [-0.05, 0) is 71.8 Å². The van der Waals surface area contributed by atoms with Crippen LogP contribution in [0.3, 0.4) is 0 Å². The van der Waals surface area contributed by atoms with Crippen molar-refractivity contribution in [2.24, 2.45) is 0 Å². The Labute approximate surface area is 391 Å². The topological polar surface area (TPSA) is 320 Å². The average molecular weight is 961 g/mol. The van der Waals surface area contributed by atoms with Crippen molar-refractivity contribution in [2.75, 3.05) is 34.5 Å². The van der Waals surface area contributed by atoms with Crippen molar-refractivity contribution in [3.63, 3.8) is 0 Å². The summed E-state index contributed by atoms with van der Waals surface area (Å²) in [7, 11) is 3.88. The van der Waals surface area contributed by atoms with Gasteiger partial charge in [0.15, 0.2) is 40.3 Å². The van der Waals surface area contributed by atoms with Gasteiger partial charge in [-0.1, -0.05) is 12.1 Å². The lowest BCUT2D eigenvalue weighted by Crippen LogP contribution is -2.63. The van der Waals surface area contributed by atoms with Gasteiger partial charge in [0.05, 0.1) is 26.9 Å². The molecular formula is C48H48O21. The summed E-state index contributed by atoms with van der Waals surface area (Å²) in [6.45, 7) is -1.44. The maximum Gasteiger partial charge on any atom is 0.330 e. The molecule has 0 unspecified atom stereocenters. The normalized spacial score (nSPS) is 24.9. The smallest absolute Gasteiger partial charge is 0.330 e. The summed E-state index contributed by atoms with van der Waals surface area (Å²) in [5.74, 6) is -2.85. The van der Waals surface area contributed by atoms with E-state index in [1.54, 1.807) is 0 Å². The molecule has 0 radical (unpaired) electrons. The van der Waals surface area contributed by atoms with Crippen LogP contribution in [0.5, 0.6) is 40.2 Å². The van der Waals surface area contributed by atoms with Crippen molar-refractivity contribution in [3.05, 3.63) is 112 Å². The van der Waals surface area contributed by atoms with Crippen molar-refractivity contribution in [3.8, 4) is 51.6 Å². The van der Waals surface area contributed by atoms with Crippen LogP contribution in [0.1, 0.15) is 22.8 Å². The van der Waals surface area contributed by atoms with Gasteiger partial charge in [-0.3, -0.25) is 4.79 Å². The van der Waals surface area contributed by atoms with Gasteiger partial charge >= 0.3 is 11.9 Å². The molecule has 2 saturated heterocycles. The molecule has 21 heteroatoms. The maximum atomic E-state index is 13.8. The Morgan fingerprint density at radius 2 is 1.14 bits per heavy atom. The number of hydrogen-bond donors (Lipinski definition) is 9. The number of ether oxygens (including phenoxy) is 8. The third-order valence-electron chi connectivity index (χ3n) is 11.3. The van der Waals surface area contributed by atoms with Gasteiger partial charge in [0, 0.05) is 29.8 Å². The standard InChI is InChI=1S/C48H48O21/c1-61-31-16-22(4-12-26(31)50)6-14-36(54)64-20-34-41(57)43(59)47(46(67-34)39-33(63-3)19-29(53)38-28(52)18-30(66-45(38)39)24-8-10-25(49)11-9-24)69-48-44(60)42(58)40(56)35(68-48)21-65-37(55)15-7-23-5-13-27(51)32(17-23)62-2/h4-19,34-35,40-44,46-51,53,56-60H,20-21H2,1-3H3/b14-6+,15-7+/t34-,35-,40-,41-,42+,43+,44-,46+,47-,48+/m1/s1. The lowest BCUT2D eigenvalue weighted by molar-refractivity contribution is -0.342. The van der Waals surface area contributed by atoms with E-state index in [4.69, 9.17) is 42.3 Å². The highest BCUT2D eigenvalue weighted by Gasteiger charge is 2.52. The summed E-state index contributed by atoms with van der Waals surface area (Å²) in [4.78, 5) is 39.5. The fourth-order valence-corrected chi connectivity index (χ4v) is 7.65. The fourth-order valence-electron chi connectivity index (χ4n) is 7.65. The number of phenolic OH excluding ortho intramolecular Hbond substituents is 4. The molecule has 0 saturated carbocycles. The Morgan fingerprint density at radius 3 is 1.70 bits per heavy atom. The van der Waals surface area contributed by atoms with Crippen LogP contribution in [0.4, 0.5) is 0 Å². The number of hydrogen-bond acceptors (Lipinski definition) is 21. The zero-order chi connectivity index (χ0) is 49.7. The largest absolute Gasteiger partial charge is 0.508 e. The number of aliphatic hydroxyl groups excluding tert-OH is 5. The first-order valence-corrected chi connectivity index (χ1v) is 21.0. The molecule has 0 aliphatic carbocycles. The van der Waals surface area contributed by atoms with Crippen molar-refractivity contribution in [1.29, 1.82) is 0 Å². The number of fused-ring (bicyclic) bond motifs is 1. The minimum absolute atomic E-state index is 0.0723. The summed E-state index contributed by atoms with van der Waals surface area (Å²) < 4.78 is 51.0. The third-order valence-corrected chi connectivity index (χ3v) is 11.3. The first-order valence-electron chi connectivity index (χ1n) is 21.0. The molecule has 2 fully saturated rings. The summed E-state index contributed by atoms with van der Waals surface area (Å²) in [6.07, 6.45) is -14.0. The number of carbonyl (C=O) groups is 2. The van der Waals surface area contributed by atoms with E-state index in [0.29, 0.717) is 16.7 Å². The molecule has 2 aliphatic heterocycles. The lowest BCUT2D eigenvalue weighted by atomic mass is 9.89. The van der Waals surface area contributed by atoms with Gasteiger partial charge in [-0.25, -0.2) is 9.59 Å². The van der Waals surface area contributed by atoms with Gasteiger partial charge < -0.3 is 88.3 Å². The van der Waals surface area contributed by atoms with Crippen LogP contribution in [0.2, 0.25) is 0 Å². The summed E-state index contributed by atoms with van der Waals surface area (Å²) in [6, 6.07) is 16.3. The lowest BCUT2D eigenvalue weighted by Gasteiger charge is -2.46. The number of rotatable bonds is 15. The molecule has 5 aromatic rings. The molecule has 0 spiro atoms. The number of benzene rings is 4. The van der Waals surface area contributed by atoms with Crippen molar-refractivity contribution in [2.45, 2.75) is 61.2 Å². The van der Waals surface area contributed by atoms with Gasteiger partial charge in [0.2, 0.25) is 0 Å². The molecule has 366 valence electrons. The molecule has 2 aliphatic rings. The summed E-state index contributed by atoms with van der Waals surface area (Å²) in [5.41, 5.74) is -0.172. The van der Waals surface area contributed by atoms with E-state index in [0.717, 1.165) is 24.3 Å². The highest BCUT2D eigenvalue weighted by Crippen LogP contribution is 2.46. The first-order chi connectivity index (χ1) is 33.0. The number of methoxy groups -OCH3 is 3. The Balaban J connectivity index is 1.21. The minimum Gasteiger partial charge on any atom is -0.508 e. The summed E-state index contributed by atoms with van der Waals surface area (Å²) >= 11 is 0. The molecule has 21 nitrogen and oxygen atoms in total. The second-order valence-electron chi connectivity index (χ2n) is 15.7. The second-order valence-corrected chi connectivity index (χ2v) is 15.7. The van der Waals surface area contributed by atoms with Crippen LogP contribution in [-0.4, -0.2) is 148 Å². The van der Waals surface area contributed by atoms with E-state index in [1.165, 1.54) is 94.1 Å². The minimum atomic E-state index is -2.07. The SMILES string of the molecule is COc1cc(/C=C/C(=O)OC[C@H]2O[C@@H](O[C@@H]3[C@@H](O)[C@H](O)[C@@H](COC(=O)/C=C/c4ccc(O)c(OC)c4)O[C@H]3c3c(OC)cc(O)c4c(=O)cc(-c5ccc(O)cc5)oc34)[C@H](O)[C@@H](O)[C@@H]2O)ccc1O. The van der Waals surface area contributed by atoms with Gasteiger partial charge in [0.25, 0.3) is 0 Å². The monoisotopic (exact) mass is 960 g/mol. The number of carbonyl (C=O) groups excluding carboxylic acids is 2. The predicted molar refractivity (Wildman–Crippen MR) is 238 cm³/mol. The Bertz CT molecular complexity index is 2770. The Morgan fingerprint density at radius 1 is 0.609 bits per heavy atom. The van der Waals surface area contributed by atoms with Crippen molar-refractivity contribution in [1.82, 2.24) is 0 Å². The first kappa shape index (κ1) is 49.7. The molecule has 3 heterocycles. The number of phenols is 4. The van der Waals surface area contributed by atoms with E-state index in [2.05, 4.69) is 0 Å². The molecule has 7 rings (SSSR count). The van der Waals surface area contributed by atoms with Crippen molar-refractivity contribution < 1.29 is 97.9 Å². The second kappa shape index (κ2) is 21.4. The number of aliphatic hydroxyl groups is 5. The fraction of sp³-hybridized carbons (Fsp3) is 0.312. The van der Waals surface area contributed by atoms with E-state index in [9.17, 15) is 60.3 Å². The van der Waals surface area contributed by atoms with Gasteiger partial charge in [0.1, 0.15) is 96.5 Å². The Kier molecular flexibility index (Phi) is 15.4. The van der Waals surface area contributed by atoms with E-state index in [-0.39, 0.29) is 51.4 Å². The average Bonchev–Trinajstić information content (AvgIpc) is 3.34. The molecule has 10 atom stereocenters. The zero-order valence-electron chi connectivity index (χ0n) is 36.8. The van der Waals surface area contributed by atoms with E-state index >= 15 is 0 Å². The predicted octanol–water partition coefficient (Wildman–Crippen LogP) is 2.18. The van der Waals surface area contributed by atoms with Crippen LogP contribution in [0.25, 0.3) is 34.4 Å². The maximum absolute atomic E-state index is 13.8. The number of esters is 2. The molecule has 0 amide bonds. The summed E-state index contributed by atoms with van der Waals surface area (Å²) in [5, 5.41) is 97.0. The van der Waals surface area contributed by atoms with Crippen LogP contribution in [0.15, 0.2) is 94.2 Å². The van der Waals surface area contributed by atoms with Gasteiger partial charge in [-0.15, -0.1) is 0 Å². The van der Waals surface area contributed by atoms with E-state index in [1.807, 2.05) is 0 Å². The van der Waals surface area contributed by atoms with Crippen LogP contribution in [0, 0.1) is 0 Å². The third kappa shape index (κ3) is 10.9. The van der Waals surface area contributed by atoms with Crippen molar-refractivity contribution >= 4 is 35.1 Å².